The Morgan fingerprint density at radius 3 is 2.79 bits per heavy atom. The number of nitrogens with zero attached hydrogens (tertiary/aromatic N) is 1. The van der Waals surface area contributed by atoms with E-state index in [4.69, 9.17) is 5.73 Å². The number of piperidine rings is 1. The third-order valence-corrected chi connectivity index (χ3v) is 3.51. The molecule has 1 saturated heterocycles. The zero-order valence-electron chi connectivity index (χ0n) is 10.9. The molecule has 0 aromatic heterocycles. The number of nitrogens with two attached hydrogens (primary N) is 1. The van der Waals surface area contributed by atoms with Crippen LogP contribution in [0.1, 0.15) is 35.2 Å². The molecule has 0 spiro atoms. The predicted molar refractivity (Wildman–Crippen MR) is 69.0 cm³/mol. The van der Waals surface area contributed by atoms with Gasteiger partial charge in [0.2, 0.25) is 5.91 Å². The summed E-state index contributed by atoms with van der Waals surface area (Å²) in [6.07, 6.45) is 2.21. The van der Waals surface area contributed by atoms with Gasteiger partial charge in [0.15, 0.2) is 0 Å². The lowest BCUT2D eigenvalue weighted by molar-refractivity contribution is -0.123. The highest BCUT2D eigenvalue weighted by Gasteiger charge is 2.32. The fourth-order valence-electron chi connectivity index (χ4n) is 2.44. The third kappa shape index (κ3) is 2.59. The van der Waals surface area contributed by atoms with Gasteiger partial charge >= 0.3 is 0 Å². The standard InChI is InChI=1S/C14H17FN2O2/c1-9-5-4-6-10(12(9)15)14(19)17-8-3-2-7-11(17)13(16)18/h4-6,11H,2-3,7-8H2,1H3,(H2,16,18). The summed E-state index contributed by atoms with van der Waals surface area (Å²) in [5, 5.41) is 0. The summed E-state index contributed by atoms with van der Waals surface area (Å²) >= 11 is 0. The first kappa shape index (κ1) is 13.5. The second-order valence-electron chi connectivity index (χ2n) is 4.85. The van der Waals surface area contributed by atoms with Crippen LogP contribution < -0.4 is 5.73 Å². The van der Waals surface area contributed by atoms with Crippen molar-refractivity contribution in [3.05, 3.63) is 35.1 Å². The molecule has 2 rings (SSSR count). The van der Waals surface area contributed by atoms with Crippen molar-refractivity contribution >= 4 is 11.8 Å². The molecular formula is C14H17FN2O2. The summed E-state index contributed by atoms with van der Waals surface area (Å²) in [4.78, 5) is 25.1. The zero-order chi connectivity index (χ0) is 14.0. The molecular weight excluding hydrogens is 247 g/mol. The average molecular weight is 264 g/mol. The van der Waals surface area contributed by atoms with E-state index in [1.807, 2.05) is 0 Å². The highest BCUT2D eigenvalue weighted by molar-refractivity contribution is 5.97. The first-order chi connectivity index (χ1) is 9.02. The van der Waals surface area contributed by atoms with Crippen LogP contribution in [0, 0.1) is 12.7 Å². The molecule has 102 valence electrons. The molecule has 1 heterocycles. The molecule has 1 aromatic rings. The highest BCUT2D eigenvalue weighted by Crippen LogP contribution is 2.21. The van der Waals surface area contributed by atoms with Gasteiger partial charge in [0.05, 0.1) is 5.56 Å². The maximum Gasteiger partial charge on any atom is 0.257 e. The number of rotatable bonds is 2. The summed E-state index contributed by atoms with van der Waals surface area (Å²) in [6, 6.07) is 4.06. The van der Waals surface area contributed by atoms with Crippen LogP contribution in [0.25, 0.3) is 0 Å². The summed E-state index contributed by atoms with van der Waals surface area (Å²) in [5.41, 5.74) is 5.74. The van der Waals surface area contributed by atoms with Crippen molar-refractivity contribution in [3.63, 3.8) is 0 Å². The van der Waals surface area contributed by atoms with Gasteiger partial charge < -0.3 is 10.6 Å². The number of aryl methyl sites for hydroxylation is 1. The van der Waals surface area contributed by atoms with Gasteiger partial charge in [0.1, 0.15) is 11.9 Å². The Balaban J connectivity index is 2.31. The summed E-state index contributed by atoms with van der Waals surface area (Å²) in [5.74, 6) is -1.51. The van der Waals surface area contributed by atoms with E-state index >= 15 is 0 Å². The second-order valence-corrected chi connectivity index (χ2v) is 4.85. The number of benzene rings is 1. The fraction of sp³-hybridized carbons (Fsp3) is 0.429. The van der Waals surface area contributed by atoms with Gasteiger partial charge in [-0.15, -0.1) is 0 Å². The van der Waals surface area contributed by atoms with E-state index in [2.05, 4.69) is 0 Å². The molecule has 0 radical (unpaired) electrons. The van der Waals surface area contributed by atoms with Gasteiger partial charge in [-0.2, -0.15) is 0 Å². The summed E-state index contributed by atoms with van der Waals surface area (Å²) < 4.78 is 14.0. The molecule has 1 atom stereocenters. The van der Waals surface area contributed by atoms with Crippen molar-refractivity contribution < 1.29 is 14.0 Å². The Hall–Kier alpha value is -1.91. The van der Waals surface area contributed by atoms with E-state index < -0.39 is 23.7 Å². The lowest BCUT2D eigenvalue weighted by atomic mass is 9.99. The van der Waals surface area contributed by atoms with Gasteiger partial charge in [-0.1, -0.05) is 12.1 Å². The minimum absolute atomic E-state index is 0.00755. The van der Waals surface area contributed by atoms with E-state index in [0.29, 0.717) is 18.5 Å². The van der Waals surface area contributed by atoms with Crippen LogP contribution in [0.4, 0.5) is 4.39 Å². The SMILES string of the molecule is Cc1cccc(C(=O)N2CCCCC2C(N)=O)c1F. The van der Waals surface area contributed by atoms with E-state index in [1.54, 1.807) is 19.1 Å². The number of hydrogen-bond acceptors (Lipinski definition) is 2. The number of amides is 2. The van der Waals surface area contributed by atoms with Crippen LogP contribution in [0.3, 0.4) is 0 Å². The van der Waals surface area contributed by atoms with Crippen LogP contribution in [0.15, 0.2) is 18.2 Å². The average Bonchev–Trinajstić information content (AvgIpc) is 2.41. The molecule has 1 unspecified atom stereocenters. The number of carbonyl (C=O) groups is 2. The van der Waals surface area contributed by atoms with Crippen LogP contribution in [-0.4, -0.2) is 29.3 Å². The van der Waals surface area contributed by atoms with Gasteiger partial charge in [-0.25, -0.2) is 4.39 Å². The van der Waals surface area contributed by atoms with Crippen molar-refractivity contribution in [2.24, 2.45) is 5.73 Å². The van der Waals surface area contributed by atoms with Gasteiger partial charge in [-0.05, 0) is 37.8 Å². The van der Waals surface area contributed by atoms with Gasteiger partial charge in [-0.3, -0.25) is 9.59 Å². The third-order valence-electron chi connectivity index (χ3n) is 3.51. The Kier molecular flexibility index (Phi) is 3.83. The molecule has 0 aliphatic carbocycles. The van der Waals surface area contributed by atoms with Crippen molar-refractivity contribution in [1.82, 2.24) is 4.90 Å². The number of primary amides is 1. The van der Waals surface area contributed by atoms with Crippen LogP contribution >= 0.6 is 0 Å². The zero-order valence-corrected chi connectivity index (χ0v) is 10.9. The van der Waals surface area contributed by atoms with Crippen molar-refractivity contribution in [2.75, 3.05) is 6.54 Å². The lowest BCUT2D eigenvalue weighted by Gasteiger charge is -2.33. The molecule has 1 fully saturated rings. The Labute approximate surface area is 111 Å². The second kappa shape index (κ2) is 5.38. The van der Waals surface area contributed by atoms with Gasteiger partial charge in [0.25, 0.3) is 5.91 Å². The van der Waals surface area contributed by atoms with Crippen LogP contribution in [-0.2, 0) is 4.79 Å². The molecule has 19 heavy (non-hydrogen) atoms. The molecule has 1 aliphatic heterocycles. The quantitative estimate of drug-likeness (QED) is 0.882. The molecule has 2 N–H and O–H groups in total. The largest absolute Gasteiger partial charge is 0.368 e. The molecule has 5 heteroatoms. The van der Waals surface area contributed by atoms with Crippen molar-refractivity contribution in [2.45, 2.75) is 32.2 Å². The molecule has 1 aromatic carbocycles. The predicted octanol–water partition coefficient (Wildman–Crippen LogP) is 1.61. The molecule has 0 saturated carbocycles. The van der Waals surface area contributed by atoms with Crippen molar-refractivity contribution in [3.8, 4) is 0 Å². The maximum absolute atomic E-state index is 14.0. The number of halogens is 1. The Bertz CT molecular complexity index is 516. The Morgan fingerprint density at radius 2 is 2.11 bits per heavy atom. The van der Waals surface area contributed by atoms with E-state index in [9.17, 15) is 14.0 Å². The van der Waals surface area contributed by atoms with Gasteiger partial charge in [0, 0.05) is 6.54 Å². The number of carbonyl (C=O) groups excluding carboxylic acids is 2. The fourth-order valence-corrected chi connectivity index (χ4v) is 2.44. The lowest BCUT2D eigenvalue weighted by Crippen LogP contribution is -2.50. The minimum Gasteiger partial charge on any atom is -0.368 e. The van der Waals surface area contributed by atoms with E-state index in [1.165, 1.54) is 11.0 Å². The van der Waals surface area contributed by atoms with Crippen LogP contribution in [0.5, 0.6) is 0 Å². The smallest absolute Gasteiger partial charge is 0.257 e. The highest BCUT2D eigenvalue weighted by atomic mass is 19.1. The van der Waals surface area contributed by atoms with Crippen LogP contribution in [0.2, 0.25) is 0 Å². The van der Waals surface area contributed by atoms with E-state index in [0.717, 1.165) is 12.8 Å². The monoisotopic (exact) mass is 264 g/mol. The normalized spacial score (nSPS) is 19.3. The molecule has 4 nitrogen and oxygen atoms in total. The van der Waals surface area contributed by atoms with E-state index in [-0.39, 0.29) is 5.56 Å². The molecule has 0 bridgehead atoms. The topological polar surface area (TPSA) is 63.4 Å². The number of likely N-dealkylation sites (tertiary alicyclic amines) is 1. The Morgan fingerprint density at radius 1 is 1.37 bits per heavy atom. The summed E-state index contributed by atoms with van der Waals surface area (Å²) in [7, 11) is 0. The van der Waals surface area contributed by atoms with Crippen molar-refractivity contribution in [1.29, 1.82) is 0 Å². The molecule has 1 aliphatic rings. The first-order valence-corrected chi connectivity index (χ1v) is 6.37. The first-order valence-electron chi connectivity index (χ1n) is 6.37. The number of hydrogen-bond donors (Lipinski definition) is 1. The summed E-state index contributed by atoms with van der Waals surface area (Å²) in [6.45, 7) is 2.05. The maximum atomic E-state index is 14.0. The minimum atomic E-state index is -0.624. The molecule has 2 amide bonds.